The fourth-order valence-electron chi connectivity index (χ4n) is 3.68. The largest absolute Gasteiger partial charge is 0.378 e. The first kappa shape index (κ1) is 19.7. The van der Waals surface area contributed by atoms with Gasteiger partial charge in [-0.25, -0.2) is 0 Å². The fraction of sp³-hybridized carbons (Fsp3) is 0.941. The standard InChI is InChI=1S/C17H32N2O2.ClH/c1-5-6-11-21-15-12-14(17(15,2)3)19(4)16(20)13-7-9-18-10-8-13;/h13-15,18H,5-12H2,1-4H3;1H. The molecule has 130 valence electrons. The number of halogens is 1. The minimum absolute atomic E-state index is 0. The van der Waals surface area contributed by atoms with Gasteiger partial charge in [0.15, 0.2) is 0 Å². The van der Waals surface area contributed by atoms with E-state index in [0.29, 0.717) is 18.1 Å². The Morgan fingerprint density at radius 2 is 1.95 bits per heavy atom. The Balaban J connectivity index is 0.00000242. The van der Waals surface area contributed by atoms with Crippen LogP contribution in [-0.4, -0.2) is 49.7 Å². The highest BCUT2D eigenvalue weighted by Gasteiger charge is 2.52. The average Bonchev–Trinajstić information content (AvgIpc) is 2.49. The molecule has 0 aromatic rings. The van der Waals surface area contributed by atoms with Crippen molar-refractivity contribution in [2.45, 2.75) is 65.0 Å². The highest BCUT2D eigenvalue weighted by molar-refractivity contribution is 5.85. The summed E-state index contributed by atoms with van der Waals surface area (Å²) in [7, 11) is 1.99. The molecule has 0 spiro atoms. The highest BCUT2D eigenvalue weighted by atomic mass is 35.5. The number of carbonyl (C=O) groups excluding carboxylic acids is 1. The molecule has 2 fully saturated rings. The van der Waals surface area contributed by atoms with Crippen LogP contribution in [0.1, 0.15) is 52.9 Å². The van der Waals surface area contributed by atoms with E-state index in [4.69, 9.17) is 4.74 Å². The SMILES string of the molecule is CCCCOC1CC(N(C)C(=O)C2CCNCC2)C1(C)C.Cl. The number of piperidine rings is 1. The van der Waals surface area contributed by atoms with Crippen LogP contribution in [0.3, 0.4) is 0 Å². The normalized spacial score (nSPS) is 27.6. The Morgan fingerprint density at radius 1 is 1.32 bits per heavy atom. The molecule has 0 aromatic heterocycles. The van der Waals surface area contributed by atoms with Gasteiger partial charge in [-0.05, 0) is 38.8 Å². The van der Waals surface area contributed by atoms with Gasteiger partial charge in [0.1, 0.15) is 0 Å². The van der Waals surface area contributed by atoms with E-state index in [-0.39, 0.29) is 23.7 Å². The number of amides is 1. The lowest BCUT2D eigenvalue weighted by Crippen LogP contribution is -2.63. The molecule has 1 saturated carbocycles. The topological polar surface area (TPSA) is 41.6 Å². The van der Waals surface area contributed by atoms with Gasteiger partial charge in [0.05, 0.1) is 6.10 Å². The molecule has 2 atom stereocenters. The van der Waals surface area contributed by atoms with Crippen LogP contribution in [0.5, 0.6) is 0 Å². The van der Waals surface area contributed by atoms with Gasteiger partial charge in [0.25, 0.3) is 0 Å². The summed E-state index contributed by atoms with van der Waals surface area (Å²) in [5.74, 6) is 0.550. The minimum Gasteiger partial charge on any atom is -0.378 e. The van der Waals surface area contributed by atoms with Gasteiger partial charge in [0.2, 0.25) is 5.91 Å². The van der Waals surface area contributed by atoms with E-state index in [1.807, 2.05) is 11.9 Å². The van der Waals surface area contributed by atoms with Crippen LogP contribution in [0.15, 0.2) is 0 Å². The Hall–Kier alpha value is -0.320. The molecule has 2 rings (SSSR count). The molecule has 1 aliphatic carbocycles. The molecule has 0 bridgehead atoms. The number of nitrogens with one attached hydrogen (secondary N) is 1. The van der Waals surface area contributed by atoms with Crippen LogP contribution in [0.2, 0.25) is 0 Å². The van der Waals surface area contributed by atoms with Gasteiger partial charge in [-0.15, -0.1) is 12.4 Å². The molecule has 22 heavy (non-hydrogen) atoms. The van der Waals surface area contributed by atoms with Gasteiger partial charge in [-0.1, -0.05) is 27.2 Å². The van der Waals surface area contributed by atoms with Crippen molar-refractivity contribution in [2.75, 3.05) is 26.7 Å². The summed E-state index contributed by atoms with van der Waals surface area (Å²) in [6, 6.07) is 0.325. The fourth-order valence-corrected chi connectivity index (χ4v) is 3.68. The lowest BCUT2D eigenvalue weighted by molar-refractivity contribution is -0.168. The van der Waals surface area contributed by atoms with Crippen LogP contribution in [0.4, 0.5) is 0 Å². The monoisotopic (exact) mass is 332 g/mol. The number of hydrogen-bond donors (Lipinski definition) is 1. The second-order valence-electron chi connectivity index (χ2n) is 7.26. The maximum atomic E-state index is 12.6. The van der Waals surface area contributed by atoms with Crippen LogP contribution in [0, 0.1) is 11.3 Å². The Bertz CT molecular complexity index is 357. The van der Waals surface area contributed by atoms with Crippen molar-refractivity contribution in [2.24, 2.45) is 11.3 Å². The van der Waals surface area contributed by atoms with E-state index in [2.05, 4.69) is 26.1 Å². The lowest BCUT2D eigenvalue weighted by atomic mass is 9.63. The van der Waals surface area contributed by atoms with E-state index in [1.165, 1.54) is 6.42 Å². The molecule has 1 N–H and O–H groups in total. The van der Waals surface area contributed by atoms with Crippen LogP contribution in [0.25, 0.3) is 0 Å². The van der Waals surface area contributed by atoms with Crippen LogP contribution in [-0.2, 0) is 9.53 Å². The lowest BCUT2D eigenvalue weighted by Gasteiger charge is -2.55. The second-order valence-corrected chi connectivity index (χ2v) is 7.26. The zero-order valence-corrected chi connectivity index (χ0v) is 15.4. The summed E-state index contributed by atoms with van der Waals surface area (Å²) in [4.78, 5) is 14.7. The predicted molar refractivity (Wildman–Crippen MR) is 92.4 cm³/mol. The van der Waals surface area contributed by atoms with Gasteiger partial charge < -0.3 is 15.0 Å². The minimum atomic E-state index is 0. The van der Waals surface area contributed by atoms with E-state index in [1.54, 1.807) is 0 Å². The maximum absolute atomic E-state index is 12.6. The van der Waals surface area contributed by atoms with Crippen molar-refractivity contribution in [3.8, 4) is 0 Å². The molecule has 1 amide bonds. The third-order valence-corrected chi connectivity index (χ3v) is 5.45. The zero-order valence-electron chi connectivity index (χ0n) is 14.6. The number of hydrogen-bond acceptors (Lipinski definition) is 3. The number of carbonyl (C=O) groups is 1. The smallest absolute Gasteiger partial charge is 0.225 e. The molecule has 2 aliphatic rings. The summed E-state index contributed by atoms with van der Waals surface area (Å²) < 4.78 is 5.99. The zero-order chi connectivity index (χ0) is 15.5. The van der Waals surface area contributed by atoms with Gasteiger partial charge in [0, 0.05) is 31.0 Å². The Morgan fingerprint density at radius 3 is 2.50 bits per heavy atom. The third kappa shape index (κ3) is 4.15. The molecular formula is C17H33ClN2O2. The first-order valence-corrected chi connectivity index (χ1v) is 8.57. The first-order valence-electron chi connectivity index (χ1n) is 8.57. The third-order valence-electron chi connectivity index (χ3n) is 5.45. The van der Waals surface area contributed by atoms with E-state index >= 15 is 0 Å². The number of ether oxygens (including phenoxy) is 1. The quantitative estimate of drug-likeness (QED) is 0.760. The Labute approximate surface area is 141 Å². The molecule has 2 unspecified atom stereocenters. The molecule has 1 saturated heterocycles. The van der Waals surface area contributed by atoms with Crippen molar-refractivity contribution in [1.29, 1.82) is 0 Å². The van der Waals surface area contributed by atoms with E-state index < -0.39 is 0 Å². The van der Waals surface area contributed by atoms with Gasteiger partial charge in [-0.3, -0.25) is 4.79 Å². The summed E-state index contributed by atoms with van der Waals surface area (Å²) >= 11 is 0. The summed E-state index contributed by atoms with van der Waals surface area (Å²) in [6.45, 7) is 9.46. The van der Waals surface area contributed by atoms with E-state index in [0.717, 1.165) is 45.4 Å². The molecule has 1 heterocycles. The van der Waals surface area contributed by atoms with Crippen molar-refractivity contribution in [3.05, 3.63) is 0 Å². The van der Waals surface area contributed by atoms with Gasteiger partial charge in [-0.2, -0.15) is 0 Å². The Kier molecular flexibility index (Phi) is 7.63. The number of nitrogens with zero attached hydrogens (tertiary/aromatic N) is 1. The average molecular weight is 333 g/mol. The van der Waals surface area contributed by atoms with Crippen LogP contribution >= 0.6 is 12.4 Å². The molecular weight excluding hydrogens is 300 g/mol. The van der Waals surface area contributed by atoms with Crippen molar-refractivity contribution in [3.63, 3.8) is 0 Å². The number of unbranched alkanes of at least 4 members (excludes halogenated alkanes) is 1. The maximum Gasteiger partial charge on any atom is 0.225 e. The van der Waals surface area contributed by atoms with Crippen molar-refractivity contribution < 1.29 is 9.53 Å². The summed E-state index contributed by atoms with van der Waals surface area (Å²) in [5.41, 5.74) is 0.0745. The first-order chi connectivity index (χ1) is 9.98. The second kappa shape index (κ2) is 8.51. The summed E-state index contributed by atoms with van der Waals surface area (Å²) in [5, 5.41) is 3.33. The highest BCUT2D eigenvalue weighted by Crippen LogP contribution is 2.46. The van der Waals surface area contributed by atoms with E-state index in [9.17, 15) is 4.79 Å². The molecule has 4 nitrogen and oxygen atoms in total. The summed E-state index contributed by atoms with van der Waals surface area (Å²) in [6.07, 6.45) is 5.55. The van der Waals surface area contributed by atoms with Crippen molar-refractivity contribution in [1.82, 2.24) is 10.2 Å². The molecule has 0 radical (unpaired) electrons. The number of rotatable bonds is 6. The van der Waals surface area contributed by atoms with Crippen LogP contribution < -0.4 is 5.32 Å². The molecule has 0 aromatic carbocycles. The molecule has 5 heteroatoms. The van der Waals surface area contributed by atoms with Gasteiger partial charge >= 0.3 is 0 Å². The predicted octanol–water partition coefficient (Wildman–Crippen LogP) is 2.85. The molecule has 1 aliphatic heterocycles. The van der Waals surface area contributed by atoms with Crippen molar-refractivity contribution >= 4 is 18.3 Å².